The zero-order valence-corrected chi connectivity index (χ0v) is 16.0. The fourth-order valence-corrected chi connectivity index (χ4v) is 2.97. The van der Waals surface area contributed by atoms with Crippen molar-refractivity contribution in [1.82, 2.24) is 26.2 Å². The van der Waals surface area contributed by atoms with Crippen molar-refractivity contribution < 1.29 is 18.9 Å². The number of carbonyl (C=O) groups is 3. The van der Waals surface area contributed by atoms with Crippen LogP contribution in [-0.2, 0) is 9.59 Å². The van der Waals surface area contributed by atoms with Gasteiger partial charge in [0, 0.05) is 11.5 Å². The Morgan fingerprint density at radius 3 is 2.55 bits per heavy atom. The number of thioether (sulfide) groups is 1. The van der Waals surface area contributed by atoms with Gasteiger partial charge in [-0.3, -0.25) is 30.0 Å². The molecule has 3 aromatic rings. The van der Waals surface area contributed by atoms with E-state index in [4.69, 9.17) is 4.52 Å². The number of nitrogens with zero attached hydrogens (tertiary/aromatic N) is 2. The van der Waals surface area contributed by atoms with Crippen molar-refractivity contribution >= 4 is 46.1 Å². The molecule has 0 radical (unpaired) electrons. The molecule has 0 aliphatic heterocycles. The summed E-state index contributed by atoms with van der Waals surface area (Å²) in [6.07, 6.45) is 0. The first kappa shape index (κ1) is 20.1. The topological polar surface area (TPSA) is 159 Å². The summed E-state index contributed by atoms with van der Waals surface area (Å²) in [6, 6.07) is 8.05. The molecule has 2 aromatic heterocycles. The molecule has 150 valence electrons. The summed E-state index contributed by atoms with van der Waals surface area (Å²) < 4.78 is 4.83. The molecule has 0 saturated heterocycles. The maximum Gasteiger partial charge on any atom is 0.290 e. The largest absolute Gasteiger partial charge is 0.360 e. The lowest BCUT2D eigenvalue weighted by atomic mass is 10.1. The molecular formula is C17H16N6O5S. The van der Waals surface area contributed by atoms with Crippen LogP contribution in [0.3, 0.4) is 0 Å². The number of hydrogen-bond donors (Lipinski definition) is 4. The van der Waals surface area contributed by atoms with Crippen molar-refractivity contribution in [2.75, 3.05) is 16.8 Å². The van der Waals surface area contributed by atoms with Crippen LogP contribution in [0.25, 0.3) is 10.8 Å². The molecule has 0 aliphatic carbocycles. The third-order valence-electron chi connectivity index (χ3n) is 3.59. The van der Waals surface area contributed by atoms with E-state index in [0.717, 1.165) is 11.8 Å². The molecule has 2 heterocycles. The number of fused-ring (bicyclic) bond motifs is 1. The number of benzene rings is 1. The average molecular weight is 416 g/mol. The number of nitrogens with one attached hydrogen (secondary N) is 4. The molecular weight excluding hydrogens is 400 g/mol. The Morgan fingerprint density at radius 2 is 1.83 bits per heavy atom. The predicted molar refractivity (Wildman–Crippen MR) is 105 cm³/mol. The second kappa shape index (κ2) is 9.01. The standard InChI is InChI=1S/C17H16N6O5S/c1-9-6-12(23-28-9)18-13(24)7-29-8-14(25)19-22-17(27)15-10-4-2-3-5-11(10)16(26)21-20-15/h2-6H,7-8H2,1H3,(H,19,25)(H,21,26)(H,22,27)(H,18,23,24). The monoisotopic (exact) mass is 416 g/mol. The molecule has 0 fully saturated rings. The minimum Gasteiger partial charge on any atom is -0.360 e. The van der Waals surface area contributed by atoms with Gasteiger partial charge in [0.2, 0.25) is 11.8 Å². The second-order valence-electron chi connectivity index (χ2n) is 5.81. The predicted octanol–water partition coefficient (Wildman–Crippen LogP) is 0.352. The molecule has 3 rings (SSSR count). The third kappa shape index (κ3) is 5.19. The van der Waals surface area contributed by atoms with Crippen LogP contribution in [0.2, 0.25) is 0 Å². The molecule has 1 aromatic carbocycles. The highest BCUT2D eigenvalue weighted by Crippen LogP contribution is 2.12. The van der Waals surface area contributed by atoms with Crippen molar-refractivity contribution in [3.63, 3.8) is 0 Å². The summed E-state index contributed by atoms with van der Waals surface area (Å²) in [5, 5.41) is 12.8. The van der Waals surface area contributed by atoms with Gasteiger partial charge in [-0.1, -0.05) is 23.4 Å². The maximum absolute atomic E-state index is 12.3. The molecule has 0 atom stereocenters. The van der Waals surface area contributed by atoms with E-state index in [1.165, 1.54) is 0 Å². The van der Waals surface area contributed by atoms with Gasteiger partial charge in [0.15, 0.2) is 11.5 Å². The Bertz CT molecular complexity index is 1120. The first-order valence-corrected chi connectivity index (χ1v) is 9.47. The Hall–Kier alpha value is -3.67. The molecule has 0 aliphatic rings. The number of aryl methyl sites for hydroxylation is 1. The van der Waals surface area contributed by atoms with Crippen molar-refractivity contribution in [2.24, 2.45) is 0 Å². The van der Waals surface area contributed by atoms with E-state index in [2.05, 4.69) is 31.5 Å². The number of aromatic nitrogens is 3. The Morgan fingerprint density at radius 1 is 1.10 bits per heavy atom. The Balaban J connectivity index is 1.46. The summed E-state index contributed by atoms with van der Waals surface area (Å²) in [7, 11) is 0. The fraction of sp³-hybridized carbons (Fsp3) is 0.176. The van der Waals surface area contributed by atoms with E-state index in [-0.39, 0.29) is 23.1 Å². The summed E-state index contributed by atoms with van der Waals surface area (Å²) in [5.74, 6) is -0.732. The number of anilines is 1. The summed E-state index contributed by atoms with van der Waals surface area (Å²) in [5.41, 5.74) is 4.02. The highest BCUT2D eigenvalue weighted by molar-refractivity contribution is 8.00. The van der Waals surface area contributed by atoms with E-state index in [1.807, 2.05) is 0 Å². The first-order chi connectivity index (χ1) is 13.9. The molecule has 0 spiro atoms. The number of carbonyl (C=O) groups excluding carboxylic acids is 3. The number of hydrazine groups is 1. The molecule has 29 heavy (non-hydrogen) atoms. The summed E-state index contributed by atoms with van der Waals surface area (Å²) in [6.45, 7) is 1.70. The van der Waals surface area contributed by atoms with E-state index in [9.17, 15) is 19.2 Å². The van der Waals surface area contributed by atoms with E-state index in [1.54, 1.807) is 37.3 Å². The van der Waals surface area contributed by atoms with Gasteiger partial charge >= 0.3 is 0 Å². The van der Waals surface area contributed by atoms with Gasteiger partial charge in [-0.2, -0.15) is 5.10 Å². The molecule has 0 unspecified atom stereocenters. The molecule has 12 heteroatoms. The normalized spacial score (nSPS) is 10.5. The van der Waals surface area contributed by atoms with E-state index in [0.29, 0.717) is 22.4 Å². The smallest absolute Gasteiger partial charge is 0.290 e. The lowest BCUT2D eigenvalue weighted by Crippen LogP contribution is -2.43. The highest BCUT2D eigenvalue weighted by atomic mass is 32.2. The summed E-state index contributed by atoms with van der Waals surface area (Å²) in [4.78, 5) is 47.6. The van der Waals surface area contributed by atoms with E-state index < -0.39 is 17.4 Å². The number of hydrogen-bond acceptors (Lipinski definition) is 8. The van der Waals surface area contributed by atoms with Gasteiger partial charge in [0.1, 0.15) is 5.76 Å². The van der Waals surface area contributed by atoms with Gasteiger partial charge < -0.3 is 9.84 Å². The molecule has 0 bridgehead atoms. The number of rotatable bonds is 6. The van der Waals surface area contributed by atoms with Crippen LogP contribution in [0.15, 0.2) is 39.6 Å². The lowest BCUT2D eigenvalue weighted by molar-refractivity contribution is -0.119. The zero-order valence-electron chi connectivity index (χ0n) is 15.1. The van der Waals surface area contributed by atoms with Gasteiger partial charge in [0.05, 0.1) is 16.9 Å². The molecule has 0 saturated carbocycles. The first-order valence-electron chi connectivity index (χ1n) is 8.31. The average Bonchev–Trinajstić information content (AvgIpc) is 3.11. The molecule has 11 nitrogen and oxygen atoms in total. The molecule has 4 N–H and O–H groups in total. The minimum absolute atomic E-state index is 0.0133. The molecule has 3 amide bonds. The van der Waals surface area contributed by atoms with Crippen LogP contribution in [0, 0.1) is 6.92 Å². The number of aromatic amines is 1. The Kier molecular flexibility index (Phi) is 6.24. The number of amides is 3. The van der Waals surface area contributed by atoms with Crippen LogP contribution >= 0.6 is 11.8 Å². The highest BCUT2D eigenvalue weighted by Gasteiger charge is 2.15. The van der Waals surface area contributed by atoms with E-state index >= 15 is 0 Å². The lowest BCUT2D eigenvalue weighted by Gasteiger charge is -2.08. The second-order valence-corrected chi connectivity index (χ2v) is 6.80. The minimum atomic E-state index is -0.685. The quantitative estimate of drug-likeness (QED) is 0.419. The van der Waals surface area contributed by atoms with Gasteiger partial charge in [-0.05, 0) is 13.0 Å². The Labute approximate surface area is 167 Å². The fourth-order valence-electron chi connectivity index (χ4n) is 2.35. The van der Waals surface area contributed by atoms with Crippen LogP contribution in [0.5, 0.6) is 0 Å². The zero-order chi connectivity index (χ0) is 20.8. The van der Waals surface area contributed by atoms with Gasteiger partial charge in [0.25, 0.3) is 11.5 Å². The summed E-state index contributed by atoms with van der Waals surface area (Å²) >= 11 is 1.05. The van der Waals surface area contributed by atoms with Gasteiger partial charge in [-0.15, -0.1) is 11.8 Å². The van der Waals surface area contributed by atoms with Crippen molar-refractivity contribution in [3.05, 3.63) is 52.1 Å². The van der Waals surface area contributed by atoms with Crippen LogP contribution < -0.4 is 21.7 Å². The van der Waals surface area contributed by atoms with Crippen molar-refractivity contribution in [2.45, 2.75) is 6.92 Å². The van der Waals surface area contributed by atoms with Crippen molar-refractivity contribution in [1.29, 1.82) is 0 Å². The van der Waals surface area contributed by atoms with Gasteiger partial charge in [-0.25, -0.2) is 5.10 Å². The SMILES string of the molecule is Cc1cc(NC(=O)CSCC(=O)NNC(=O)c2n[nH]c(=O)c3ccccc23)no1. The third-order valence-corrected chi connectivity index (χ3v) is 4.52. The van der Waals surface area contributed by atoms with Crippen LogP contribution in [0.4, 0.5) is 5.82 Å². The maximum atomic E-state index is 12.3. The van der Waals surface area contributed by atoms with Crippen LogP contribution in [-0.4, -0.2) is 44.6 Å². The van der Waals surface area contributed by atoms with Crippen molar-refractivity contribution in [3.8, 4) is 0 Å². The number of H-pyrrole nitrogens is 1. The van der Waals surface area contributed by atoms with Crippen LogP contribution in [0.1, 0.15) is 16.2 Å².